The minimum absolute atomic E-state index is 0.0761. The first kappa shape index (κ1) is 15.6. The molecular weight excluding hydrogens is 285 g/mol. The average Bonchev–Trinajstić information content (AvgIpc) is 2.89. The fourth-order valence-corrected chi connectivity index (χ4v) is 5.54. The molecule has 2 heteroatoms. The van der Waals surface area contributed by atoms with Crippen LogP contribution >= 0.6 is 0 Å². The van der Waals surface area contributed by atoms with Gasteiger partial charge in [0.2, 0.25) is 0 Å². The van der Waals surface area contributed by atoms with Gasteiger partial charge in [-0.05, 0) is 99.6 Å². The van der Waals surface area contributed by atoms with E-state index in [0.717, 1.165) is 17.9 Å². The molecule has 2 saturated carbocycles. The first-order valence-corrected chi connectivity index (χ1v) is 9.69. The van der Waals surface area contributed by atoms with Crippen LogP contribution in [0, 0.1) is 24.6 Å². The summed E-state index contributed by atoms with van der Waals surface area (Å²) in [7, 11) is 0. The van der Waals surface area contributed by atoms with E-state index < -0.39 is 0 Å². The van der Waals surface area contributed by atoms with E-state index in [4.69, 9.17) is 0 Å². The molecule has 3 aliphatic rings. The highest BCUT2D eigenvalue weighted by molar-refractivity contribution is 5.30. The number of nitrogens with zero attached hydrogens (tertiary/aromatic N) is 1. The molecule has 3 fully saturated rings. The van der Waals surface area contributed by atoms with Gasteiger partial charge in [-0.1, -0.05) is 18.9 Å². The van der Waals surface area contributed by atoms with Crippen molar-refractivity contribution < 1.29 is 4.39 Å². The van der Waals surface area contributed by atoms with Gasteiger partial charge in [-0.3, -0.25) is 0 Å². The van der Waals surface area contributed by atoms with Crippen molar-refractivity contribution in [1.29, 1.82) is 0 Å². The van der Waals surface area contributed by atoms with Crippen molar-refractivity contribution in [2.75, 3.05) is 13.1 Å². The maximum Gasteiger partial charge on any atom is 0.123 e. The van der Waals surface area contributed by atoms with Crippen molar-refractivity contribution in [3.8, 4) is 0 Å². The number of piperidine rings is 1. The lowest BCUT2D eigenvalue weighted by atomic mass is 9.85. The molecule has 0 spiro atoms. The lowest BCUT2D eigenvalue weighted by Crippen LogP contribution is -2.41. The molecule has 126 valence electrons. The third kappa shape index (κ3) is 3.33. The van der Waals surface area contributed by atoms with Crippen LogP contribution in [0.2, 0.25) is 0 Å². The van der Waals surface area contributed by atoms with Crippen LogP contribution in [0.25, 0.3) is 0 Å². The third-order valence-corrected chi connectivity index (χ3v) is 6.89. The first-order chi connectivity index (χ1) is 11.2. The second kappa shape index (κ2) is 6.55. The number of likely N-dealkylation sites (tertiary alicyclic amines) is 1. The Morgan fingerprint density at radius 2 is 1.65 bits per heavy atom. The molecule has 0 N–H and O–H groups in total. The van der Waals surface area contributed by atoms with Gasteiger partial charge in [0.15, 0.2) is 0 Å². The Morgan fingerprint density at radius 3 is 2.48 bits per heavy atom. The van der Waals surface area contributed by atoms with Gasteiger partial charge in [0, 0.05) is 6.04 Å². The van der Waals surface area contributed by atoms with Gasteiger partial charge in [0.05, 0.1) is 0 Å². The highest BCUT2D eigenvalue weighted by atomic mass is 19.1. The molecule has 1 saturated heterocycles. The molecule has 1 aliphatic heterocycles. The van der Waals surface area contributed by atoms with E-state index >= 15 is 0 Å². The molecule has 2 unspecified atom stereocenters. The molecule has 1 aromatic rings. The molecule has 4 rings (SSSR count). The summed E-state index contributed by atoms with van der Waals surface area (Å²) in [5.41, 5.74) is 2.51. The Kier molecular flexibility index (Phi) is 4.45. The van der Waals surface area contributed by atoms with Gasteiger partial charge in [0.25, 0.3) is 0 Å². The SMILES string of the molecule is Cc1ccc(F)cc1C1CCN(C2CC[C@H]3CCC(C2)C3)CC1. The fourth-order valence-electron chi connectivity index (χ4n) is 5.54. The lowest BCUT2D eigenvalue weighted by Gasteiger charge is -2.39. The summed E-state index contributed by atoms with van der Waals surface area (Å²) < 4.78 is 13.6. The van der Waals surface area contributed by atoms with Crippen LogP contribution in [0.4, 0.5) is 4.39 Å². The van der Waals surface area contributed by atoms with E-state index in [1.165, 1.54) is 75.6 Å². The monoisotopic (exact) mass is 315 g/mol. The van der Waals surface area contributed by atoms with Crippen LogP contribution in [-0.2, 0) is 0 Å². The second-order valence-corrected chi connectivity index (χ2v) is 8.32. The molecule has 0 radical (unpaired) electrons. The molecule has 1 nitrogen and oxygen atoms in total. The smallest absolute Gasteiger partial charge is 0.123 e. The number of benzene rings is 1. The van der Waals surface area contributed by atoms with Gasteiger partial charge in [-0.2, -0.15) is 0 Å². The van der Waals surface area contributed by atoms with E-state index in [1.807, 2.05) is 6.07 Å². The predicted molar refractivity (Wildman–Crippen MR) is 93.2 cm³/mol. The zero-order valence-electron chi connectivity index (χ0n) is 14.4. The summed E-state index contributed by atoms with van der Waals surface area (Å²) in [5.74, 6) is 2.53. The Balaban J connectivity index is 1.38. The Morgan fingerprint density at radius 1 is 0.913 bits per heavy atom. The normalized spacial score (nSPS) is 32.9. The Bertz CT molecular complexity index is 547. The molecule has 1 heterocycles. The zero-order valence-corrected chi connectivity index (χ0v) is 14.4. The van der Waals surface area contributed by atoms with Gasteiger partial charge in [-0.25, -0.2) is 4.39 Å². The number of aryl methyl sites for hydroxylation is 1. The number of halogens is 1. The average molecular weight is 315 g/mol. The predicted octanol–water partition coefficient (Wildman–Crippen LogP) is 5.28. The molecular formula is C21H30FN. The largest absolute Gasteiger partial charge is 0.300 e. The van der Waals surface area contributed by atoms with Crippen LogP contribution in [0.1, 0.15) is 68.4 Å². The highest BCUT2D eigenvalue weighted by Gasteiger charge is 2.34. The van der Waals surface area contributed by atoms with Crippen LogP contribution in [0.15, 0.2) is 18.2 Å². The maximum atomic E-state index is 13.6. The van der Waals surface area contributed by atoms with E-state index in [-0.39, 0.29) is 5.82 Å². The molecule has 3 atom stereocenters. The first-order valence-electron chi connectivity index (χ1n) is 9.69. The van der Waals surface area contributed by atoms with Crippen molar-refractivity contribution in [3.05, 3.63) is 35.1 Å². The van der Waals surface area contributed by atoms with Crippen molar-refractivity contribution >= 4 is 0 Å². The van der Waals surface area contributed by atoms with E-state index in [0.29, 0.717) is 5.92 Å². The van der Waals surface area contributed by atoms with Crippen molar-refractivity contribution in [3.63, 3.8) is 0 Å². The number of rotatable bonds is 2. The summed E-state index contributed by atoms with van der Waals surface area (Å²) in [4.78, 5) is 2.77. The highest BCUT2D eigenvalue weighted by Crippen LogP contribution is 2.42. The summed E-state index contributed by atoms with van der Waals surface area (Å²) in [6.45, 7) is 4.55. The zero-order chi connectivity index (χ0) is 15.8. The lowest BCUT2D eigenvalue weighted by molar-refractivity contribution is 0.125. The van der Waals surface area contributed by atoms with Crippen molar-refractivity contribution in [2.45, 2.75) is 70.3 Å². The van der Waals surface area contributed by atoms with Gasteiger partial charge < -0.3 is 4.90 Å². The quantitative estimate of drug-likeness (QED) is 0.717. The molecule has 2 bridgehead atoms. The fraction of sp³-hybridized carbons (Fsp3) is 0.714. The minimum atomic E-state index is -0.0761. The third-order valence-electron chi connectivity index (χ3n) is 6.89. The van der Waals surface area contributed by atoms with Gasteiger partial charge in [-0.15, -0.1) is 0 Å². The molecule has 2 aliphatic carbocycles. The summed E-state index contributed by atoms with van der Waals surface area (Å²) in [5, 5.41) is 0. The maximum absolute atomic E-state index is 13.6. The van der Waals surface area contributed by atoms with E-state index in [9.17, 15) is 4.39 Å². The summed E-state index contributed by atoms with van der Waals surface area (Å²) >= 11 is 0. The molecule has 0 aromatic heterocycles. The van der Waals surface area contributed by atoms with Crippen LogP contribution in [0.5, 0.6) is 0 Å². The van der Waals surface area contributed by atoms with Crippen molar-refractivity contribution in [2.24, 2.45) is 11.8 Å². The minimum Gasteiger partial charge on any atom is -0.300 e. The van der Waals surface area contributed by atoms with E-state index in [2.05, 4.69) is 11.8 Å². The second-order valence-electron chi connectivity index (χ2n) is 8.32. The topological polar surface area (TPSA) is 3.24 Å². The van der Waals surface area contributed by atoms with Crippen LogP contribution in [0.3, 0.4) is 0 Å². The van der Waals surface area contributed by atoms with Gasteiger partial charge in [0.1, 0.15) is 5.82 Å². The number of hydrogen-bond acceptors (Lipinski definition) is 1. The molecule has 0 amide bonds. The summed E-state index contributed by atoms with van der Waals surface area (Å²) in [6.07, 6.45) is 11.2. The number of fused-ring (bicyclic) bond motifs is 2. The van der Waals surface area contributed by atoms with E-state index in [1.54, 1.807) is 12.1 Å². The van der Waals surface area contributed by atoms with Crippen LogP contribution in [-0.4, -0.2) is 24.0 Å². The van der Waals surface area contributed by atoms with Gasteiger partial charge >= 0.3 is 0 Å². The number of hydrogen-bond donors (Lipinski definition) is 0. The molecule has 23 heavy (non-hydrogen) atoms. The molecule has 1 aromatic carbocycles. The Labute approximate surface area is 140 Å². The Hall–Kier alpha value is -0.890. The van der Waals surface area contributed by atoms with Crippen molar-refractivity contribution in [1.82, 2.24) is 4.90 Å². The standard InChI is InChI=1S/C21H30FN/c1-15-2-6-19(22)14-21(15)18-8-10-23(11-9-18)20-7-5-16-3-4-17(12-16)13-20/h2,6,14,16-18,20H,3-5,7-13H2,1H3/t16-,17?,20?/m1/s1. The van der Waals surface area contributed by atoms with Crippen LogP contribution < -0.4 is 0 Å². The summed E-state index contributed by atoms with van der Waals surface area (Å²) in [6, 6.07) is 6.15.